The first kappa shape index (κ1) is 11.1. The number of rotatable bonds is 2. The molecule has 0 heterocycles. The molecule has 0 aliphatic heterocycles. The number of halogens is 2. The number of hydrogen-bond acceptors (Lipinski definition) is 3. The number of nitrogens with zero attached hydrogens (tertiary/aromatic N) is 1. The van der Waals surface area contributed by atoms with Crippen molar-refractivity contribution in [2.24, 2.45) is 4.99 Å². The van der Waals surface area contributed by atoms with Crippen molar-refractivity contribution < 1.29 is 14.3 Å². The van der Waals surface area contributed by atoms with Gasteiger partial charge in [-0.05, 0) is 31.4 Å². The highest BCUT2D eigenvalue weighted by Gasteiger charge is 2.43. The van der Waals surface area contributed by atoms with E-state index in [0.29, 0.717) is 12.8 Å². The van der Waals surface area contributed by atoms with Crippen molar-refractivity contribution in [2.75, 3.05) is 0 Å². The maximum Gasteiger partial charge on any atom is 0.235 e. The first-order chi connectivity index (χ1) is 7.60. The number of hydrogen-bond donors (Lipinski definition) is 1. The summed E-state index contributed by atoms with van der Waals surface area (Å²) < 4.78 is 13.8. The Kier molecular flexibility index (Phi) is 2.70. The summed E-state index contributed by atoms with van der Waals surface area (Å²) in [6, 6.07) is 2.58. The molecule has 1 aromatic rings. The van der Waals surface area contributed by atoms with E-state index in [1.807, 2.05) is 0 Å². The minimum absolute atomic E-state index is 0.00889. The molecule has 0 amide bonds. The van der Waals surface area contributed by atoms with Crippen molar-refractivity contribution >= 4 is 17.7 Å². The van der Waals surface area contributed by atoms with Crippen LogP contribution in [0.2, 0.25) is 5.02 Å². The second-order valence-electron chi connectivity index (χ2n) is 3.84. The van der Waals surface area contributed by atoms with Gasteiger partial charge in [0.05, 0.1) is 10.6 Å². The smallest absolute Gasteiger partial charge is 0.235 e. The first-order valence-corrected chi connectivity index (χ1v) is 5.25. The Balaban J connectivity index is 2.62. The fourth-order valence-electron chi connectivity index (χ4n) is 2.00. The molecule has 5 heteroatoms. The molecule has 1 saturated carbocycles. The summed E-state index contributed by atoms with van der Waals surface area (Å²) in [7, 11) is 0. The summed E-state index contributed by atoms with van der Waals surface area (Å²) in [6.07, 6.45) is 3.31. The van der Waals surface area contributed by atoms with Crippen LogP contribution in [0.1, 0.15) is 24.8 Å². The lowest BCUT2D eigenvalue weighted by molar-refractivity contribution is 0.239. The van der Waals surface area contributed by atoms with E-state index in [4.69, 9.17) is 11.6 Å². The fraction of sp³-hybridized carbons (Fsp3) is 0.364. The zero-order valence-electron chi connectivity index (χ0n) is 8.33. The van der Waals surface area contributed by atoms with E-state index in [9.17, 15) is 14.3 Å². The summed E-state index contributed by atoms with van der Waals surface area (Å²) in [4.78, 5) is 14.0. The molecule has 2 rings (SSSR count). The highest BCUT2D eigenvalue weighted by atomic mass is 35.5. The van der Waals surface area contributed by atoms with Crippen LogP contribution in [0.15, 0.2) is 17.1 Å². The van der Waals surface area contributed by atoms with Gasteiger partial charge >= 0.3 is 0 Å². The van der Waals surface area contributed by atoms with Crippen molar-refractivity contribution in [3.63, 3.8) is 0 Å². The van der Waals surface area contributed by atoms with Crippen LogP contribution in [0.25, 0.3) is 0 Å². The molecule has 1 aliphatic rings. The van der Waals surface area contributed by atoms with Gasteiger partial charge in [0.2, 0.25) is 6.08 Å². The minimum atomic E-state index is -0.971. The van der Waals surface area contributed by atoms with Crippen molar-refractivity contribution in [3.05, 3.63) is 28.5 Å². The number of benzene rings is 1. The summed E-state index contributed by atoms with van der Waals surface area (Å²) in [5.74, 6) is -0.930. The third-order valence-electron chi connectivity index (χ3n) is 2.98. The second-order valence-corrected chi connectivity index (χ2v) is 4.25. The van der Waals surface area contributed by atoms with Gasteiger partial charge in [0, 0.05) is 0 Å². The average molecular weight is 242 g/mol. The van der Waals surface area contributed by atoms with Crippen LogP contribution in [-0.2, 0) is 10.3 Å². The normalized spacial score (nSPS) is 17.4. The molecule has 1 aromatic carbocycles. The lowest BCUT2D eigenvalue weighted by atomic mass is 9.72. The molecule has 1 aliphatic carbocycles. The number of aliphatic imine (C=N–C) groups is 1. The van der Waals surface area contributed by atoms with E-state index in [1.165, 1.54) is 18.2 Å². The van der Waals surface area contributed by atoms with Gasteiger partial charge in [-0.1, -0.05) is 11.6 Å². The predicted molar refractivity (Wildman–Crippen MR) is 56.7 cm³/mol. The second kappa shape index (κ2) is 3.89. The van der Waals surface area contributed by atoms with Gasteiger partial charge in [0.15, 0.2) is 5.82 Å². The van der Waals surface area contributed by atoms with E-state index >= 15 is 0 Å². The molecule has 1 fully saturated rings. The Morgan fingerprint density at radius 1 is 1.50 bits per heavy atom. The summed E-state index contributed by atoms with van der Waals surface area (Å²) >= 11 is 5.65. The molecule has 3 nitrogen and oxygen atoms in total. The van der Waals surface area contributed by atoms with Crippen LogP contribution in [0.3, 0.4) is 0 Å². The highest BCUT2D eigenvalue weighted by Crippen LogP contribution is 2.49. The van der Waals surface area contributed by atoms with Gasteiger partial charge in [-0.25, -0.2) is 9.18 Å². The highest BCUT2D eigenvalue weighted by molar-refractivity contribution is 6.30. The van der Waals surface area contributed by atoms with E-state index < -0.39 is 11.4 Å². The molecule has 0 unspecified atom stereocenters. The van der Waals surface area contributed by atoms with Gasteiger partial charge in [-0.15, -0.1) is 0 Å². The van der Waals surface area contributed by atoms with Crippen LogP contribution >= 0.6 is 11.6 Å². The topological polar surface area (TPSA) is 49.7 Å². The summed E-state index contributed by atoms with van der Waals surface area (Å²) in [5, 5.41) is 9.57. The first-order valence-electron chi connectivity index (χ1n) is 4.87. The predicted octanol–water partition coefficient (Wildman–Crippen LogP) is 2.90. The lowest BCUT2D eigenvalue weighted by Crippen LogP contribution is -2.33. The van der Waals surface area contributed by atoms with Crippen LogP contribution in [-0.4, -0.2) is 11.2 Å². The monoisotopic (exact) mass is 241 g/mol. The van der Waals surface area contributed by atoms with Gasteiger partial charge in [-0.3, -0.25) is 0 Å². The molecule has 0 aromatic heterocycles. The number of phenolic OH excluding ortho intramolecular Hbond substituents is 1. The number of carbonyl (C=O) groups excluding carboxylic acids is 1. The standard InChI is InChI=1S/C11H9ClFNO2/c12-7-2-3-8(16)9(10(7)13)11(14-6-15)4-1-5-11/h2-3,16H,1,4-5H2. The van der Waals surface area contributed by atoms with Crippen LogP contribution in [0.5, 0.6) is 5.75 Å². The van der Waals surface area contributed by atoms with Crippen LogP contribution in [0.4, 0.5) is 4.39 Å². The summed E-state index contributed by atoms with van der Waals surface area (Å²) in [6.45, 7) is 0. The van der Waals surface area contributed by atoms with Gasteiger partial charge < -0.3 is 5.11 Å². The molecule has 0 bridgehead atoms. The quantitative estimate of drug-likeness (QED) is 0.639. The third-order valence-corrected chi connectivity index (χ3v) is 3.27. The molecule has 0 spiro atoms. The zero-order chi connectivity index (χ0) is 11.8. The molecule has 0 saturated heterocycles. The Labute approximate surface area is 96.6 Å². The van der Waals surface area contributed by atoms with E-state index in [2.05, 4.69) is 4.99 Å². The van der Waals surface area contributed by atoms with Crippen LogP contribution < -0.4 is 0 Å². The SMILES string of the molecule is O=C=NC1(c2c(O)ccc(Cl)c2F)CCC1. The van der Waals surface area contributed by atoms with Gasteiger partial charge in [0.1, 0.15) is 11.3 Å². The van der Waals surface area contributed by atoms with Gasteiger partial charge in [0.25, 0.3) is 0 Å². The number of isocyanates is 1. The van der Waals surface area contributed by atoms with Crippen molar-refractivity contribution in [1.29, 1.82) is 0 Å². The lowest BCUT2D eigenvalue weighted by Gasteiger charge is -2.37. The average Bonchev–Trinajstić information content (AvgIpc) is 2.20. The largest absolute Gasteiger partial charge is 0.507 e. The van der Waals surface area contributed by atoms with Crippen LogP contribution in [0, 0.1) is 5.82 Å². The summed E-state index contributed by atoms with van der Waals surface area (Å²) in [5.41, 5.74) is -0.963. The molecule has 0 radical (unpaired) electrons. The maximum atomic E-state index is 13.8. The Morgan fingerprint density at radius 3 is 2.69 bits per heavy atom. The molecule has 16 heavy (non-hydrogen) atoms. The molecular formula is C11H9ClFNO2. The Bertz CT molecular complexity index is 479. The van der Waals surface area contributed by atoms with Crippen molar-refractivity contribution in [3.8, 4) is 5.75 Å². The minimum Gasteiger partial charge on any atom is -0.507 e. The molecule has 0 atom stereocenters. The van der Waals surface area contributed by atoms with Gasteiger partial charge in [-0.2, -0.15) is 4.99 Å². The number of phenols is 1. The molecule has 84 valence electrons. The third kappa shape index (κ3) is 1.51. The molecular weight excluding hydrogens is 233 g/mol. The maximum absolute atomic E-state index is 13.8. The number of aromatic hydroxyl groups is 1. The van der Waals surface area contributed by atoms with E-state index in [1.54, 1.807) is 0 Å². The van der Waals surface area contributed by atoms with Crippen molar-refractivity contribution in [1.82, 2.24) is 0 Å². The van der Waals surface area contributed by atoms with Crippen molar-refractivity contribution in [2.45, 2.75) is 24.8 Å². The fourth-order valence-corrected chi connectivity index (χ4v) is 2.16. The Hall–Kier alpha value is -1.38. The van der Waals surface area contributed by atoms with E-state index in [-0.39, 0.29) is 16.3 Å². The van der Waals surface area contributed by atoms with E-state index in [0.717, 1.165) is 6.42 Å². The zero-order valence-corrected chi connectivity index (χ0v) is 9.09. The molecule has 1 N–H and O–H groups in total. The Morgan fingerprint density at radius 2 is 2.19 bits per heavy atom.